The number of benzene rings is 3. The highest BCUT2D eigenvalue weighted by atomic mass is 32.2. The standard InChI is InChI=1S/C22H23NO3S2/c24-28(25,22-11-10-18-8-4-5-9-19(18)12-22)23-14-21(27)13-20(23)16-26-15-17-6-2-1-3-7-17/h1-12,20-21,27H,13-16H2/t20-,21-/m0/s1. The number of thiol groups is 1. The molecule has 1 saturated heterocycles. The first-order chi connectivity index (χ1) is 13.5. The number of ether oxygens (including phenoxy) is 1. The minimum atomic E-state index is -3.60. The Morgan fingerprint density at radius 3 is 2.46 bits per heavy atom. The molecule has 1 aliphatic heterocycles. The first-order valence-corrected chi connectivity index (χ1v) is 11.3. The fourth-order valence-corrected chi connectivity index (χ4v) is 5.89. The fourth-order valence-electron chi connectivity index (χ4n) is 3.66. The quantitative estimate of drug-likeness (QED) is 0.619. The Balaban J connectivity index is 1.52. The Kier molecular flexibility index (Phi) is 5.73. The Bertz CT molecular complexity index is 1050. The van der Waals surface area contributed by atoms with E-state index in [1.54, 1.807) is 16.4 Å². The number of rotatable bonds is 6. The van der Waals surface area contributed by atoms with E-state index in [0.717, 1.165) is 16.3 Å². The van der Waals surface area contributed by atoms with Crippen LogP contribution >= 0.6 is 12.6 Å². The SMILES string of the molecule is O=S(=O)(c1ccc2ccccc2c1)N1C[C@@H](S)C[C@H]1COCc1ccccc1. The predicted octanol–water partition coefficient (Wildman–Crippen LogP) is 4.12. The molecule has 0 amide bonds. The van der Waals surface area contributed by atoms with Gasteiger partial charge < -0.3 is 4.74 Å². The van der Waals surface area contributed by atoms with Crippen LogP contribution in [-0.2, 0) is 21.4 Å². The zero-order chi connectivity index (χ0) is 19.6. The molecule has 28 heavy (non-hydrogen) atoms. The van der Waals surface area contributed by atoms with Crippen molar-refractivity contribution in [1.29, 1.82) is 0 Å². The summed E-state index contributed by atoms with van der Waals surface area (Å²) in [6, 6.07) is 22.8. The van der Waals surface area contributed by atoms with Crippen LogP contribution in [0.4, 0.5) is 0 Å². The molecule has 1 heterocycles. The van der Waals surface area contributed by atoms with E-state index in [1.165, 1.54) is 0 Å². The average Bonchev–Trinajstić information content (AvgIpc) is 3.10. The molecule has 0 aromatic heterocycles. The molecular weight excluding hydrogens is 390 g/mol. The summed E-state index contributed by atoms with van der Waals surface area (Å²) in [6.07, 6.45) is 0.685. The van der Waals surface area contributed by atoms with Gasteiger partial charge in [0.25, 0.3) is 0 Å². The molecule has 0 radical (unpaired) electrons. The Labute approximate surface area is 171 Å². The van der Waals surface area contributed by atoms with Crippen LogP contribution in [0.1, 0.15) is 12.0 Å². The molecule has 6 heteroatoms. The average molecular weight is 414 g/mol. The lowest BCUT2D eigenvalue weighted by Gasteiger charge is -2.24. The maximum atomic E-state index is 13.3. The van der Waals surface area contributed by atoms with Crippen LogP contribution in [-0.4, -0.2) is 37.2 Å². The monoisotopic (exact) mass is 413 g/mol. The molecule has 0 spiro atoms. The van der Waals surface area contributed by atoms with E-state index >= 15 is 0 Å². The third kappa shape index (κ3) is 4.10. The molecule has 0 bridgehead atoms. The van der Waals surface area contributed by atoms with Gasteiger partial charge in [-0.1, -0.05) is 60.7 Å². The van der Waals surface area contributed by atoms with Gasteiger partial charge in [0, 0.05) is 17.8 Å². The predicted molar refractivity (Wildman–Crippen MR) is 115 cm³/mol. The van der Waals surface area contributed by atoms with Crippen LogP contribution in [0.2, 0.25) is 0 Å². The van der Waals surface area contributed by atoms with Gasteiger partial charge in [-0.25, -0.2) is 8.42 Å². The van der Waals surface area contributed by atoms with Gasteiger partial charge in [-0.05, 0) is 34.9 Å². The van der Waals surface area contributed by atoms with Gasteiger partial charge in [-0.2, -0.15) is 16.9 Å². The zero-order valence-corrected chi connectivity index (χ0v) is 17.1. The van der Waals surface area contributed by atoms with Crippen molar-refractivity contribution in [1.82, 2.24) is 4.31 Å². The zero-order valence-electron chi connectivity index (χ0n) is 15.4. The van der Waals surface area contributed by atoms with E-state index < -0.39 is 10.0 Å². The topological polar surface area (TPSA) is 46.6 Å². The molecule has 3 aromatic carbocycles. The first-order valence-electron chi connectivity index (χ1n) is 9.34. The van der Waals surface area contributed by atoms with Crippen molar-refractivity contribution in [3.05, 3.63) is 78.4 Å². The molecule has 0 saturated carbocycles. The molecular formula is C22H23NO3S2. The number of nitrogens with zero attached hydrogens (tertiary/aromatic N) is 1. The van der Waals surface area contributed by atoms with E-state index in [4.69, 9.17) is 4.74 Å². The van der Waals surface area contributed by atoms with Gasteiger partial charge in [0.2, 0.25) is 10.0 Å². The van der Waals surface area contributed by atoms with Crippen LogP contribution in [0.5, 0.6) is 0 Å². The molecule has 1 fully saturated rings. The summed E-state index contributed by atoms with van der Waals surface area (Å²) >= 11 is 4.54. The van der Waals surface area contributed by atoms with E-state index in [0.29, 0.717) is 31.1 Å². The lowest BCUT2D eigenvalue weighted by molar-refractivity contribution is 0.0873. The first kappa shape index (κ1) is 19.5. The van der Waals surface area contributed by atoms with Crippen molar-refractivity contribution in [2.24, 2.45) is 0 Å². The second-order valence-electron chi connectivity index (χ2n) is 7.13. The normalized spacial score (nSPS) is 20.6. The molecule has 2 atom stereocenters. The summed E-state index contributed by atoms with van der Waals surface area (Å²) in [7, 11) is -3.60. The van der Waals surface area contributed by atoms with Gasteiger partial charge in [-0.15, -0.1) is 0 Å². The van der Waals surface area contributed by atoms with E-state index in [-0.39, 0.29) is 11.3 Å². The number of sulfonamides is 1. The Hall–Kier alpha value is -1.86. The fraction of sp³-hybridized carbons (Fsp3) is 0.273. The van der Waals surface area contributed by atoms with Crippen LogP contribution in [0, 0.1) is 0 Å². The lowest BCUT2D eigenvalue weighted by Crippen LogP contribution is -2.38. The summed E-state index contributed by atoms with van der Waals surface area (Å²) < 4.78 is 34.0. The van der Waals surface area contributed by atoms with Gasteiger partial charge in [0.05, 0.1) is 18.1 Å². The Morgan fingerprint density at radius 2 is 1.68 bits per heavy atom. The largest absolute Gasteiger partial charge is 0.375 e. The van der Waals surface area contributed by atoms with Gasteiger partial charge in [0.1, 0.15) is 0 Å². The highest BCUT2D eigenvalue weighted by molar-refractivity contribution is 7.89. The lowest BCUT2D eigenvalue weighted by atomic mass is 10.1. The van der Waals surface area contributed by atoms with Crippen LogP contribution in [0.25, 0.3) is 10.8 Å². The minimum Gasteiger partial charge on any atom is -0.375 e. The van der Waals surface area contributed by atoms with E-state index in [1.807, 2.05) is 60.7 Å². The van der Waals surface area contributed by atoms with Crippen LogP contribution in [0.3, 0.4) is 0 Å². The smallest absolute Gasteiger partial charge is 0.243 e. The summed E-state index contributed by atoms with van der Waals surface area (Å²) in [5.74, 6) is 0. The van der Waals surface area contributed by atoms with Crippen molar-refractivity contribution in [3.63, 3.8) is 0 Å². The van der Waals surface area contributed by atoms with Crippen LogP contribution in [0.15, 0.2) is 77.7 Å². The highest BCUT2D eigenvalue weighted by Gasteiger charge is 2.39. The molecule has 1 aliphatic rings. The molecule has 0 N–H and O–H groups in total. The summed E-state index contributed by atoms with van der Waals surface area (Å²) in [5.41, 5.74) is 1.08. The highest BCUT2D eigenvalue weighted by Crippen LogP contribution is 2.30. The van der Waals surface area contributed by atoms with Crippen molar-refractivity contribution >= 4 is 33.4 Å². The third-order valence-electron chi connectivity index (χ3n) is 5.09. The molecule has 0 unspecified atom stereocenters. The molecule has 4 rings (SSSR count). The van der Waals surface area contributed by atoms with Crippen molar-refractivity contribution in [3.8, 4) is 0 Å². The molecule has 4 nitrogen and oxygen atoms in total. The van der Waals surface area contributed by atoms with Gasteiger partial charge in [-0.3, -0.25) is 0 Å². The minimum absolute atomic E-state index is 0.0144. The van der Waals surface area contributed by atoms with Crippen LogP contribution < -0.4 is 0 Å². The van der Waals surface area contributed by atoms with E-state index in [9.17, 15) is 8.42 Å². The second-order valence-corrected chi connectivity index (χ2v) is 9.75. The van der Waals surface area contributed by atoms with Gasteiger partial charge >= 0.3 is 0 Å². The Morgan fingerprint density at radius 1 is 0.964 bits per heavy atom. The van der Waals surface area contributed by atoms with Crippen molar-refractivity contribution < 1.29 is 13.2 Å². The number of hydrogen-bond donors (Lipinski definition) is 1. The summed E-state index contributed by atoms with van der Waals surface area (Å²) in [4.78, 5) is 0.321. The molecule has 146 valence electrons. The number of fused-ring (bicyclic) bond motifs is 1. The maximum absolute atomic E-state index is 13.3. The van der Waals surface area contributed by atoms with Gasteiger partial charge in [0.15, 0.2) is 0 Å². The van der Waals surface area contributed by atoms with Crippen molar-refractivity contribution in [2.75, 3.05) is 13.2 Å². The third-order valence-corrected chi connectivity index (χ3v) is 7.38. The molecule has 3 aromatic rings. The van der Waals surface area contributed by atoms with E-state index in [2.05, 4.69) is 12.6 Å². The second kappa shape index (κ2) is 8.25. The maximum Gasteiger partial charge on any atom is 0.243 e. The molecule has 0 aliphatic carbocycles. The summed E-state index contributed by atoms with van der Waals surface area (Å²) in [6.45, 7) is 1.23. The number of hydrogen-bond acceptors (Lipinski definition) is 4. The van der Waals surface area contributed by atoms with Crippen molar-refractivity contribution in [2.45, 2.75) is 29.2 Å². The summed E-state index contributed by atoms with van der Waals surface area (Å²) in [5, 5.41) is 1.96.